The second-order valence-corrected chi connectivity index (χ2v) is 7.44. The van der Waals surface area contributed by atoms with E-state index in [1.165, 1.54) is 23.1 Å². The Labute approximate surface area is 170 Å². The number of nitrogens with one attached hydrogen (secondary N) is 2. The smallest absolute Gasteiger partial charge is 0.245 e. The topological polar surface area (TPSA) is 65.2 Å². The fourth-order valence-corrected chi connectivity index (χ4v) is 3.81. The van der Waals surface area contributed by atoms with Gasteiger partial charge >= 0.3 is 0 Å². The summed E-state index contributed by atoms with van der Waals surface area (Å²) in [7, 11) is 0. The van der Waals surface area contributed by atoms with Gasteiger partial charge in [0.15, 0.2) is 0 Å². The highest BCUT2D eigenvalue weighted by Crippen LogP contribution is 2.21. The average molecular weight is 415 g/mol. The summed E-state index contributed by atoms with van der Waals surface area (Å²) in [5.41, 5.74) is 1.53. The molecular weight excluding hydrogens is 395 g/mol. The maximum atomic E-state index is 13.9. The van der Waals surface area contributed by atoms with Crippen molar-refractivity contribution >= 4 is 22.7 Å². The van der Waals surface area contributed by atoms with E-state index >= 15 is 0 Å². The second kappa shape index (κ2) is 8.22. The number of rotatable bonds is 5. The van der Waals surface area contributed by atoms with Crippen LogP contribution in [-0.2, 0) is 22.6 Å². The molecule has 0 aliphatic carbocycles. The molecule has 30 heavy (non-hydrogen) atoms. The number of aromatic amines is 1. The number of nitrogens with zero attached hydrogens (tertiary/aromatic N) is 1. The van der Waals surface area contributed by atoms with Crippen LogP contribution in [0.5, 0.6) is 0 Å². The lowest BCUT2D eigenvalue weighted by molar-refractivity contribution is -0.139. The van der Waals surface area contributed by atoms with Crippen molar-refractivity contribution < 1.29 is 22.8 Å². The van der Waals surface area contributed by atoms with Gasteiger partial charge in [-0.15, -0.1) is 0 Å². The van der Waals surface area contributed by atoms with Crippen LogP contribution in [0, 0.1) is 17.5 Å². The molecule has 1 aromatic heterocycles. The van der Waals surface area contributed by atoms with E-state index in [1.54, 1.807) is 12.3 Å². The monoisotopic (exact) mass is 415 g/mol. The largest absolute Gasteiger partial charge is 0.361 e. The van der Waals surface area contributed by atoms with Crippen LogP contribution in [0.25, 0.3) is 10.9 Å². The van der Waals surface area contributed by atoms with E-state index in [0.29, 0.717) is 30.5 Å². The quantitative estimate of drug-likeness (QED) is 0.671. The van der Waals surface area contributed by atoms with Crippen molar-refractivity contribution in [1.82, 2.24) is 15.2 Å². The van der Waals surface area contributed by atoms with Crippen molar-refractivity contribution in [1.29, 1.82) is 0 Å². The van der Waals surface area contributed by atoms with Crippen LogP contribution < -0.4 is 5.32 Å². The van der Waals surface area contributed by atoms with E-state index in [9.17, 15) is 22.8 Å². The Balaban J connectivity index is 1.41. The number of amides is 2. The number of likely N-dealkylation sites (tertiary alicyclic amines) is 1. The highest BCUT2D eigenvalue weighted by atomic mass is 19.1. The summed E-state index contributed by atoms with van der Waals surface area (Å²) in [4.78, 5) is 29.7. The van der Waals surface area contributed by atoms with Crippen LogP contribution in [0.15, 0.2) is 42.6 Å². The minimum absolute atomic E-state index is 0.0192. The molecule has 0 saturated carbocycles. The third-order valence-electron chi connectivity index (χ3n) is 5.32. The first-order valence-corrected chi connectivity index (χ1v) is 9.68. The number of H-pyrrole nitrogens is 1. The van der Waals surface area contributed by atoms with Crippen molar-refractivity contribution in [3.05, 3.63) is 71.2 Å². The van der Waals surface area contributed by atoms with E-state index in [-0.39, 0.29) is 36.2 Å². The van der Waals surface area contributed by atoms with Crippen LogP contribution in [-0.4, -0.2) is 34.3 Å². The third-order valence-corrected chi connectivity index (χ3v) is 5.32. The Hall–Kier alpha value is -3.29. The highest BCUT2D eigenvalue weighted by molar-refractivity contribution is 5.92. The van der Waals surface area contributed by atoms with Gasteiger partial charge in [0.1, 0.15) is 23.5 Å². The fourth-order valence-electron chi connectivity index (χ4n) is 3.81. The van der Waals surface area contributed by atoms with Crippen LogP contribution in [0.2, 0.25) is 0 Å². The van der Waals surface area contributed by atoms with Gasteiger partial charge in [-0.25, -0.2) is 13.2 Å². The molecule has 2 aromatic carbocycles. The lowest BCUT2D eigenvalue weighted by Gasteiger charge is -2.32. The molecule has 2 heterocycles. The molecule has 1 aliphatic heterocycles. The SMILES string of the molecule is O=C(Cc1c[nH]c2cc(F)ccc12)N[C@H]1CCCN(Cc2ccc(F)cc2F)C1=O. The molecule has 2 amide bonds. The Bertz CT molecular complexity index is 1110. The first kappa shape index (κ1) is 20.0. The number of carbonyl (C=O) groups is 2. The number of halogens is 3. The molecule has 3 aromatic rings. The summed E-state index contributed by atoms with van der Waals surface area (Å²) in [5, 5.41) is 3.50. The molecule has 0 bridgehead atoms. The zero-order chi connectivity index (χ0) is 21.3. The van der Waals surface area contributed by atoms with Gasteiger partial charge < -0.3 is 15.2 Å². The van der Waals surface area contributed by atoms with Gasteiger partial charge in [0, 0.05) is 41.8 Å². The molecule has 1 aliphatic rings. The maximum absolute atomic E-state index is 13.9. The minimum atomic E-state index is -0.704. The Morgan fingerprint density at radius 2 is 1.87 bits per heavy atom. The third kappa shape index (κ3) is 4.17. The summed E-state index contributed by atoms with van der Waals surface area (Å²) in [6, 6.07) is 6.85. The van der Waals surface area contributed by atoms with E-state index in [4.69, 9.17) is 0 Å². The number of carbonyl (C=O) groups excluding carboxylic acids is 2. The van der Waals surface area contributed by atoms with Crippen molar-refractivity contribution in [3.8, 4) is 0 Å². The highest BCUT2D eigenvalue weighted by Gasteiger charge is 2.30. The van der Waals surface area contributed by atoms with Crippen LogP contribution >= 0.6 is 0 Å². The molecule has 0 spiro atoms. The molecule has 1 atom stereocenters. The van der Waals surface area contributed by atoms with Crippen molar-refractivity contribution in [2.75, 3.05) is 6.54 Å². The zero-order valence-electron chi connectivity index (χ0n) is 16.1. The van der Waals surface area contributed by atoms with E-state index in [1.807, 2.05) is 0 Å². The molecule has 156 valence electrons. The molecule has 0 unspecified atom stereocenters. The number of aromatic nitrogens is 1. The Morgan fingerprint density at radius 1 is 1.10 bits per heavy atom. The number of benzene rings is 2. The van der Waals surface area contributed by atoms with Gasteiger partial charge in [-0.05, 0) is 42.7 Å². The molecule has 5 nitrogen and oxygen atoms in total. The average Bonchev–Trinajstić information content (AvgIpc) is 3.08. The Morgan fingerprint density at radius 3 is 2.67 bits per heavy atom. The van der Waals surface area contributed by atoms with Gasteiger partial charge in [0.25, 0.3) is 0 Å². The Kier molecular flexibility index (Phi) is 5.48. The molecule has 8 heteroatoms. The number of piperidine rings is 1. The van der Waals surface area contributed by atoms with Gasteiger partial charge in [-0.3, -0.25) is 9.59 Å². The number of hydrogen-bond acceptors (Lipinski definition) is 2. The lowest BCUT2D eigenvalue weighted by atomic mass is 10.0. The zero-order valence-corrected chi connectivity index (χ0v) is 16.1. The van der Waals surface area contributed by atoms with Gasteiger partial charge in [0.05, 0.1) is 6.42 Å². The van der Waals surface area contributed by atoms with Crippen LogP contribution in [0.4, 0.5) is 13.2 Å². The van der Waals surface area contributed by atoms with Gasteiger partial charge in [-0.1, -0.05) is 6.07 Å². The molecule has 2 N–H and O–H groups in total. The molecular formula is C22H20F3N3O2. The molecule has 1 saturated heterocycles. The van der Waals surface area contributed by atoms with Gasteiger partial charge in [0.2, 0.25) is 11.8 Å². The molecule has 0 radical (unpaired) electrons. The lowest BCUT2D eigenvalue weighted by Crippen LogP contribution is -2.52. The van der Waals surface area contributed by atoms with E-state index in [0.717, 1.165) is 17.5 Å². The molecule has 4 rings (SSSR count). The summed E-state index contributed by atoms with van der Waals surface area (Å²) >= 11 is 0. The summed E-state index contributed by atoms with van der Waals surface area (Å²) in [6.45, 7) is 0.460. The summed E-state index contributed by atoms with van der Waals surface area (Å²) in [6.07, 6.45) is 2.84. The molecule has 1 fully saturated rings. The van der Waals surface area contributed by atoms with Gasteiger partial charge in [-0.2, -0.15) is 0 Å². The predicted octanol–water partition coefficient (Wildman–Crippen LogP) is 3.44. The van der Waals surface area contributed by atoms with Crippen molar-refractivity contribution in [2.24, 2.45) is 0 Å². The summed E-state index contributed by atoms with van der Waals surface area (Å²) in [5.74, 6) is -2.37. The fraction of sp³-hybridized carbons (Fsp3) is 0.273. The van der Waals surface area contributed by atoms with Crippen LogP contribution in [0.3, 0.4) is 0 Å². The minimum Gasteiger partial charge on any atom is -0.361 e. The number of fused-ring (bicyclic) bond motifs is 1. The van der Waals surface area contributed by atoms with Crippen molar-refractivity contribution in [2.45, 2.75) is 31.8 Å². The van der Waals surface area contributed by atoms with Crippen molar-refractivity contribution in [3.63, 3.8) is 0 Å². The number of hydrogen-bond donors (Lipinski definition) is 2. The standard InChI is InChI=1S/C22H20F3N3O2/c23-15-4-3-13(18(25)9-15)12-28-7-1-2-19(22(28)30)27-21(29)8-14-11-26-20-10-16(24)5-6-17(14)20/h3-6,9-11,19,26H,1-2,7-8,12H2,(H,27,29)/t19-/m0/s1. The summed E-state index contributed by atoms with van der Waals surface area (Å²) < 4.78 is 40.3. The second-order valence-electron chi connectivity index (χ2n) is 7.44. The van der Waals surface area contributed by atoms with Crippen LogP contribution in [0.1, 0.15) is 24.0 Å². The first-order valence-electron chi connectivity index (χ1n) is 9.68. The normalized spacial score (nSPS) is 16.8. The predicted molar refractivity (Wildman–Crippen MR) is 105 cm³/mol. The van der Waals surface area contributed by atoms with E-state index in [2.05, 4.69) is 10.3 Å². The maximum Gasteiger partial charge on any atom is 0.245 e. The first-order chi connectivity index (χ1) is 14.4. The van der Waals surface area contributed by atoms with E-state index < -0.39 is 17.7 Å².